The number of rotatable bonds is 1. The number of ether oxygens (including phenoxy) is 1. The van der Waals surface area contributed by atoms with Gasteiger partial charge in [-0.2, -0.15) is 0 Å². The van der Waals surface area contributed by atoms with Crippen molar-refractivity contribution in [1.29, 1.82) is 0 Å². The van der Waals surface area contributed by atoms with Crippen LogP contribution in [0.5, 0.6) is 0 Å². The van der Waals surface area contributed by atoms with E-state index in [1.54, 1.807) is 0 Å². The van der Waals surface area contributed by atoms with Crippen molar-refractivity contribution in [2.75, 3.05) is 6.61 Å². The molecule has 1 rings (SSSR count). The first kappa shape index (κ1) is 8.35. The molecule has 60 valence electrons. The van der Waals surface area contributed by atoms with Gasteiger partial charge in [-0.05, 0) is 32.6 Å². The molecule has 1 heterocycles. The maximum absolute atomic E-state index is 5.97. The van der Waals surface area contributed by atoms with Crippen LogP contribution in [0.4, 0.5) is 0 Å². The van der Waals surface area contributed by atoms with Crippen LogP contribution in [-0.2, 0) is 4.74 Å². The Morgan fingerprint density at radius 1 is 1.60 bits per heavy atom. The Hall–Kier alpha value is 0.250. The van der Waals surface area contributed by atoms with Gasteiger partial charge in [-0.25, -0.2) is 0 Å². The molecule has 0 bridgehead atoms. The molecule has 3 atom stereocenters. The zero-order chi connectivity index (χ0) is 7.56. The highest BCUT2D eigenvalue weighted by Gasteiger charge is 2.22. The van der Waals surface area contributed by atoms with Gasteiger partial charge in [-0.3, -0.25) is 0 Å². The van der Waals surface area contributed by atoms with Gasteiger partial charge in [0.15, 0.2) is 0 Å². The van der Waals surface area contributed by atoms with Crippen LogP contribution in [0.1, 0.15) is 26.7 Å². The standard InChI is InChI=1S/C8H15ClO/c1-6-5-8(7(2)9)3-4-10-6/h6-8H,3-5H2,1-2H3. The lowest BCUT2D eigenvalue weighted by Gasteiger charge is -2.28. The van der Waals surface area contributed by atoms with Crippen molar-refractivity contribution in [2.24, 2.45) is 5.92 Å². The summed E-state index contributed by atoms with van der Waals surface area (Å²) < 4.78 is 5.40. The van der Waals surface area contributed by atoms with Gasteiger partial charge < -0.3 is 4.74 Å². The third-order valence-corrected chi connectivity index (χ3v) is 2.53. The molecule has 1 nitrogen and oxygen atoms in total. The van der Waals surface area contributed by atoms with Crippen LogP contribution in [0.3, 0.4) is 0 Å². The second-order valence-corrected chi connectivity index (χ2v) is 3.83. The molecule has 10 heavy (non-hydrogen) atoms. The third kappa shape index (κ3) is 2.14. The van der Waals surface area contributed by atoms with Gasteiger partial charge in [-0.15, -0.1) is 11.6 Å². The maximum atomic E-state index is 5.97. The van der Waals surface area contributed by atoms with E-state index in [0.717, 1.165) is 19.4 Å². The summed E-state index contributed by atoms with van der Waals surface area (Å²) in [6.45, 7) is 5.08. The Kier molecular flexibility index (Phi) is 2.99. The summed E-state index contributed by atoms with van der Waals surface area (Å²) in [5.74, 6) is 0.672. The lowest BCUT2D eigenvalue weighted by molar-refractivity contribution is 0.00277. The first-order valence-electron chi connectivity index (χ1n) is 3.96. The SMILES string of the molecule is CC1CC(C(C)Cl)CCO1. The van der Waals surface area contributed by atoms with Crippen LogP contribution >= 0.6 is 11.6 Å². The van der Waals surface area contributed by atoms with E-state index >= 15 is 0 Å². The summed E-state index contributed by atoms with van der Waals surface area (Å²) in [7, 11) is 0. The molecule has 0 aliphatic carbocycles. The minimum absolute atomic E-state index is 0.311. The molecule has 0 amide bonds. The fourth-order valence-corrected chi connectivity index (χ4v) is 1.68. The molecule has 0 N–H and O–H groups in total. The van der Waals surface area contributed by atoms with Crippen molar-refractivity contribution in [3.8, 4) is 0 Å². The van der Waals surface area contributed by atoms with E-state index in [2.05, 4.69) is 13.8 Å². The number of alkyl halides is 1. The summed E-state index contributed by atoms with van der Waals surface area (Å²) in [4.78, 5) is 0. The van der Waals surface area contributed by atoms with E-state index in [-0.39, 0.29) is 0 Å². The molecular weight excluding hydrogens is 148 g/mol. The monoisotopic (exact) mass is 162 g/mol. The smallest absolute Gasteiger partial charge is 0.0550 e. The van der Waals surface area contributed by atoms with Crippen molar-refractivity contribution < 1.29 is 4.74 Å². The van der Waals surface area contributed by atoms with Crippen molar-refractivity contribution in [1.82, 2.24) is 0 Å². The Morgan fingerprint density at radius 3 is 2.70 bits per heavy atom. The Labute approximate surface area is 67.7 Å². The van der Waals surface area contributed by atoms with E-state index in [9.17, 15) is 0 Å². The van der Waals surface area contributed by atoms with Crippen molar-refractivity contribution in [3.05, 3.63) is 0 Å². The molecular formula is C8H15ClO. The summed E-state index contributed by atoms with van der Waals surface area (Å²) >= 11 is 5.97. The quantitative estimate of drug-likeness (QED) is 0.539. The van der Waals surface area contributed by atoms with Gasteiger partial charge in [-0.1, -0.05) is 0 Å². The number of hydrogen-bond acceptors (Lipinski definition) is 1. The van der Waals surface area contributed by atoms with E-state index < -0.39 is 0 Å². The fraction of sp³-hybridized carbons (Fsp3) is 1.00. The minimum Gasteiger partial charge on any atom is -0.378 e. The van der Waals surface area contributed by atoms with Gasteiger partial charge in [0, 0.05) is 12.0 Å². The van der Waals surface area contributed by atoms with E-state index in [0.29, 0.717) is 17.4 Å². The molecule has 3 unspecified atom stereocenters. The average molecular weight is 163 g/mol. The maximum Gasteiger partial charge on any atom is 0.0550 e. The molecule has 2 heteroatoms. The highest BCUT2D eigenvalue weighted by atomic mass is 35.5. The number of halogens is 1. The fourth-order valence-electron chi connectivity index (χ4n) is 1.45. The highest BCUT2D eigenvalue weighted by Crippen LogP contribution is 2.25. The molecule has 1 aliphatic heterocycles. The van der Waals surface area contributed by atoms with Crippen LogP contribution < -0.4 is 0 Å². The minimum atomic E-state index is 0.311. The zero-order valence-corrected chi connectivity index (χ0v) is 7.40. The summed E-state index contributed by atoms with van der Waals surface area (Å²) in [5, 5.41) is 0.311. The van der Waals surface area contributed by atoms with Crippen molar-refractivity contribution in [2.45, 2.75) is 38.2 Å². The predicted octanol–water partition coefficient (Wildman–Crippen LogP) is 2.43. The van der Waals surface area contributed by atoms with Crippen LogP contribution in [0.25, 0.3) is 0 Å². The molecule has 0 saturated carbocycles. The second kappa shape index (κ2) is 3.59. The number of hydrogen-bond donors (Lipinski definition) is 0. The van der Waals surface area contributed by atoms with Gasteiger partial charge in [0.25, 0.3) is 0 Å². The van der Waals surface area contributed by atoms with E-state index in [1.807, 2.05) is 0 Å². The molecule has 0 aromatic heterocycles. The molecule has 1 fully saturated rings. The van der Waals surface area contributed by atoms with Gasteiger partial charge in [0.05, 0.1) is 6.10 Å². The van der Waals surface area contributed by atoms with E-state index in [4.69, 9.17) is 16.3 Å². The topological polar surface area (TPSA) is 9.23 Å². The largest absolute Gasteiger partial charge is 0.378 e. The molecule has 0 spiro atoms. The second-order valence-electron chi connectivity index (χ2n) is 3.14. The zero-order valence-electron chi connectivity index (χ0n) is 6.64. The lowest BCUT2D eigenvalue weighted by atomic mass is 9.93. The normalized spacial score (nSPS) is 37.5. The van der Waals surface area contributed by atoms with Gasteiger partial charge in [0.1, 0.15) is 0 Å². The Balaban J connectivity index is 2.32. The summed E-state index contributed by atoms with van der Waals surface area (Å²) in [5.41, 5.74) is 0. The third-order valence-electron chi connectivity index (χ3n) is 2.18. The van der Waals surface area contributed by atoms with Crippen LogP contribution in [0.2, 0.25) is 0 Å². The van der Waals surface area contributed by atoms with E-state index in [1.165, 1.54) is 0 Å². The van der Waals surface area contributed by atoms with Gasteiger partial charge in [0.2, 0.25) is 0 Å². The average Bonchev–Trinajstić information content (AvgIpc) is 1.88. The Morgan fingerprint density at radius 2 is 2.30 bits per heavy atom. The van der Waals surface area contributed by atoms with Crippen molar-refractivity contribution >= 4 is 11.6 Å². The molecule has 1 saturated heterocycles. The molecule has 0 aromatic carbocycles. The van der Waals surface area contributed by atoms with Crippen LogP contribution in [0, 0.1) is 5.92 Å². The first-order valence-corrected chi connectivity index (χ1v) is 4.39. The highest BCUT2D eigenvalue weighted by molar-refractivity contribution is 6.20. The summed E-state index contributed by atoms with van der Waals surface area (Å²) in [6, 6.07) is 0. The lowest BCUT2D eigenvalue weighted by Crippen LogP contribution is -2.27. The Bertz CT molecular complexity index is 103. The van der Waals surface area contributed by atoms with Gasteiger partial charge >= 0.3 is 0 Å². The molecule has 0 radical (unpaired) electrons. The molecule has 1 aliphatic rings. The first-order chi connectivity index (χ1) is 4.70. The van der Waals surface area contributed by atoms with Crippen LogP contribution in [0.15, 0.2) is 0 Å². The van der Waals surface area contributed by atoms with Crippen molar-refractivity contribution in [3.63, 3.8) is 0 Å². The van der Waals surface area contributed by atoms with Crippen LogP contribution in [-0.4, -0.2) is 18.1 Å². The molecule has 0 aromatic rings. The predicted molar refractivity (Wildman–Crippen MR) is 43.5 cm³/mol. The summed E-state index contributed by atoms with van der Waals surface area (Å²) in [6.07, 6.45) is 2.68.